The molecule has 23 heavy (non-hydrogen) atoms. The van der Waals surface area contributed by atoms with E-state index in [2.05, 4.69) is 79.8 Å². The van der Waals surface area contributed by atoms with E-state index in [9.17, 15) is 0 Å². The molecule has 110 valence electrons. The van der Waals surface area contributed by atoms with Crippen LogP contribution in [-0.4, -0.2) is 34.5 Å². The van der Waals surface area contributed by atoms with Crippen molar-refractivity contribution in [3.05, 3.63) is 82.9 Å². The van der Waals surface area contributed by atoms with Gasteiger partial charge in [-0.15, -0.1) is 0 Å². The minimum atomic E-state index is -1.05. The molecule has 4 rings (SSSR count). The Labute approximate surface area is 152 Å². The molecule has 0 amide bonds. The maximum absolute atomic E-state index is 6.32. The summed E-state index contributed by atoms with van der Waals surface area (Å²) in [7, 11) is -1.05. The predicted octanol–water partition coefficient (Wildman–Crippen LogP) is 4.33. The maximum atomic E-state index is 6.32. The number of fused-ring (bicyclic) bond motifs is 2. The first-order valence-electron chi connectivity index (χ1n) is 7.92. The van der Waals surface area contributed by atoms with Gasteiger partial charge in [0.15, 0.2) is 0 Å². The van der Waals surface area contributed by atoms with E-state index < -0.39 is 9.04 Å². The van der Waals surface area contributed by atoms with Crippen LogP contribution in [0.2, 0.25) is 0 Å². The van der Waals surface area contributed by atoms with Gasteiger partial charge >= 0.3 is 0 Å². The third kappa shape index (κ3) is 2.93. The van der Waals surface area contributed by atoms with E-state index in [0.717, 1.165) is 6.61 Å². The zero-order chi connectivity index (χ0) is 14.9. The Morgan fingerprint density at radius 1 is 0.826 bits per heavy atom. The summed E-state index contributed by atoms with van der Waals surface area (Å²) < 4.78 is 6.32. The monoisotopic (exact) mass is 310 g/mol. The van der Waals surface area contributed by atoms with Gasteiger partial charge in [-0.2, -0.15) is 0 Å². The molecule has 0 N–H and O–H groups in total. The Morgan fingerprint density at radius 3 is 1.78 bits per heavy atom. The zero-order valence-corrected chi connectivity index (χ0v) is 14.7. The Hall–Kier alpha value is -1.31. The van der Waals surface area contributed by atoms with Crippen LogP contribution in [0.5, 0.6) is 0 Å². The average molecular weight is 310 g/mol. The second-order valence-electron chi connectivity index (χ2n) is 5.77. The molecule has 2 aliphatic rings. The van der Waals surface area contributed by atoms with Gasteiger partial charge < -0.3 is 4.43 Å². The second kappa shape index (κ2) is 7.07. The zero-order valence-electron chi connectivity index (χ0n) is 13.7. The minimum Gasteiger partial charge on any atom is -0.415 e. The molecule has 0 aromatic heterocycles. The van der Waals surface area contributed by atoms with Gasteiger partial charge in [-0.3, -0.25) is 0 Å². The summed E-state index contributed by atoms with van der Waals surface area (Å²) in [6.07, 6.45) is 9.22. The summed E-state index contributed by atoms with van der Waals surface area (Å²) >= 11 is 0. The van der Waals surface area contributed by atoms with Gasteiger partial charge in [0.2, 0.25) is 9.04 Å². The number of hydrogen-bond donors (Lipinski definition) is 0. The molecule has 2 aromatic rings. The number of allylic oxidation sites excluding steroid dienone is 2. The van der Waals surface area contributed by atoms with E-state index in [1.807, 2.05) is 0 Å². The molecule has 0 bridgehead atoms. The minimum absolute atomic E-state index is 0. The van der Waals surface area contributed by atoms with Crippen molar-refractivity contribution in [3.8, 4) is 0 Å². The largest absolute Gasteiger partial charge is 0.415 e. The second-order valence-corrected chi connectivity index (χ2v) is 8.10. The van der Waals surface area contributed by atoms with E-state index >= 15 is 0 Å². The molecule has 2 unspecified atom stereocenters. The van der Waals surface area contributed by atoms with Gasteiger partial charge in [-0.25, -0.2) is 0 Å². The van der Waals surface area contributed by atoms with E-state index in [-0.39, 0.29) is 18.9 Å². The Morgan fingerprint density at radius 2 is 1.30 bits per heavy atom. The summed E-state index contributed by atoms with van der Waals surface area (Å²) in [5.41, 5.74) is 6.43. The first kappa shape index (κ1) is 16.5. The van der Waals surface area contributed by atoms with E-state index in [1.165, 1.54) is 22.3 Å². The number of benzene rings is 2. The maximum Gasteiger partial charge on any atom is 0.234 e. The number of hydrogen-bond acceptors (Lipinski definition) is 1. The standard InChI is InChI=1S/C20H19OSi.Li/c1-2-21-22(19-13-11-15-7-3-5-9-17(15)19)20-14-12-16-8-4-6-10-18(16)20;/h3-14,19-20H,2H2,1H3;. The first-order valence-corrected chi connectivity index (χ1v) is 9.48. The van der Waals surface area contributed by atoms with Crippen LogP contribution >= 0.6 is 0 Å². The van der Waals surface area contributed by atoms with Crippen molar-refractivity contribution in [2.24, 2.45) is 0 Å². The molecule has 0 saturated carbocycles. The van der Waals surface area contributed by atoms with E-state index in [0.29, 0.717) is 11.1 Å². The molecule has 0 aliphatic heterocycles. The molecular formula is C20H19LiOSi. The van der Waals surface area contributed by atoms with Gasteiger partial charge in [0.05, 0.1) is 0 Å². The Balaban J connectivity index is 0.00000156. The summed E-state index contributed by atoms with van der Waals surface area (Å²) in [6, 6.07) is 17.4. The molecule has 0 fully saturated rings. The van der Waals surface area contributed by atoms with E-state index in [1.54, 1.807) is 0 Å². The van der Waals surface area contributed by atoms with Crippen LogP contribution in [0.15, 0.2) is 60.7 Å². The summed E-state index contributed by atoms with van der Waals surface area (Å²) in [5.74, 6) is 0. The average Bonchev–Trinajstić information content (AvgIpc) is 3.17. The van der Waals surface area contributed by atoms with Crippen molar-refractivity contribution in [1.82, 2.24) is 0 Å². The topological polar surface area (TPSA) is 9.23 Å². The van der Waals surface area contributed by atoms with Gasteiger partial charge in [-0.05, 0) is 29.2 Å². The molecule has 0 saturated heterocycles. The van der Waals surface area contributed by atoms with Gasteiger partial charge in [0.25, 0.3) is 0 Å². The molecule has 1 nitrogen and oxygen atoms in total. The summed E-state index contributed by atoms with van der Waals surface area (Å²) in [6.45, 7) is 2.90. The quantitative estimate of drug-likeness (QED) is 0.764. The Bertz CT molecular complexity index is 691. The SMILES string of the molecule is CCO[Si](C1C=Cc2ccccc21)C1C=Cc2ccccc21.[Li]. The Kier molecular flexibility index (Phi) is 5.09. The normalized spacial score (nSPS) is 20.4. The fourth-order valence-corrected chi connectivity index (χ4v) is 6.32. The molecule has 3 heteroatoms. The molecule has 2 aromatic carbocycles. The van der Waals surface area contributed by atoms with Crippen molar-refractivity contribution < 1.29 is 4.43 Å². The summed E-state index contributed by atoms with van der Waals surface area (Å²) in [5, 5.41) is 0. The molecule has 2 radical (unpaired) electrons. The predicted molar refractivity (Wildman–Crippen MR) is 99.6 cm³/mol. The van der Waals surface area contributed by atoms with Gasteiger partial charge in [0, 0.05) is 36.5 Å². The van der Waals surface area contributed by atoms with Crippen molar-refractivity contribution in [1.29, 1.82) is 0 Å². The third-order valence-corrected chi connectivity index (χ3v) is 7.38. The van der Waals surface area contributed by atoms with E-state index in [4.69, 9.17) is 4.43 Å². The van der Waals surface area contributed by atoms with Crippen LogP contribution < -0.4 is 0 Å². The molecule has 2 atom stereocenters. The van der Waals surface area contributed by atoms with Crippen LogP contribution in [0.1, 0.15) is 40.3 Å². The fraction of sp³-hybridized carbons (Fsp3) is 0.200. The van der Waals surface area contributed by atoms with Crippen molar-refractivity contribution in [2.45, 2.75) is 18.0 Å². The van der Waals surface area contributed by atoms with Crippen LogP contribution in [0.4, 0.5) is 0 Å². The first-order chi connectivity index (χ1) is 10.9. The van der Waals surface area contributed by atoms with Crippen LogP contribution in [0.3, 0.4) is 0 Å². The van der Waals surface area contributed by atoms with Crippen molar-refractivity contribution in [2.75, 3.05) is 6.61 Å². The van der Waals surface area contributed by atoms with Crippen molar-refractivity contribution in [3.63, 3.8) is 0 Å². The molecule has 0 spiro atoms. The summed E-state index contributed by atoms with van der Waals surface area (Å²) in [4.78, 5) is 0. The molecule has 0 heterocycles. The van der Waals surface area contributed by atoms with Crippen molar-refractivity contribution >= 4 is 40.1 Å². The van der Waals surface area contributed by atoms with Gasteiger partial charge in [0.1, 0.15) is 0 Å². The smallest absolute Gasteiger partial charge is 0.234 e. The van der Waals surface area contributed by atoms with Crippen LogP contribution in [0.25, 0.3) is 12.2 Å². The van der Waals surface area contributed by atoms with Gasteiger partial charge in [-0.1, -0.05) is 72.8 Å². The molecule has 2 aliphatic carbocycles. The third-order valence-electron chi connectivity index (χ3n) is 4.52. The number of rotatable bonds is 4. The molecular weight excluding hydrogens is 291 g/mol. The fourth-order valence-electron chi connectivity index (χ4n) is 3.53. The van der Waals surface area contributed by atoms with Crippen LogP contribution in [-0.2, 0) is 4.43 Å². The van der Waals surface area contributed by atoms with Crippen LogP contribution in [0, 0.1) is 0 Å².